The lowest BCUT2D eigenvalue weighted by Crippen LogP contribution is -2.38. The predicted octanol–water partition coefficient (Wildman–Crippen LogP) is 6.08. The number of carbonyl (C=O) groups excluding carboxylic acids is 1. The van der Waals surface area contributed by atoms with Crippen molar-refractivity contribution in [3.63, 3.8) is 0 Å². The normalized spacial score (nSPS) is 12.4. The number of nitrogens with one attached hydrogen (secondary N) is 1. The van der Waals surface area contributed by atoms with Crippen LogP contribution >= 0.6 is 11.3 Å². The summed E-state index contributed by atoms with van der Waals surface area (Å²) in [6.07, 6.45) is 0.543. The maximum Gasteiger partial charge on any atom is 0.360 e. The number of hydrogen-bond acceptors (Lipinski definition) is 8. The third kappa shape index (κ3) is 6.55. The van der Waals surface area contributed by atoms with Gasteiger partial charge in [0.05, 0.1) is 6.61 Å². The van der Waals surface area contributed by atoms with Crippen LogP contribution in [-0.4, -0.2) is 40.5 Å². The second-order valence-electron chi connectivity index (χ2n) is 9.02. The van der Waals surface area contributed by atoms with Gasteiger partial charge in [0.2, 0.25) is 11.8 Å². The molecule has 4 aromatic rings. The molecule has 8 nitrogen and oxygen atoms in total. The summed E-state index contributed by atoms with van der Waals surface area (Å²) in [5, 5.41) is 19.3. The highest BCUT2D eigenvalue weighted by Gasteiger charge is 2.37. The van der Waals surface area contributed by atoms with Crippen LogP contribution in [0.2, 0.25) is 0 Å². The largest absolute Gasteiger partial charge is 0.476 e. The van der Waals surface area contributed by atoms with Crippen LogP contribution in [0, 0.1) is 0 Å². The topological polar surface area (TPSA) is 110 Å². The van der Waals surface area contributed by atoms with Gasteiger partial charge in [0, 0.05) is 5.38 Å². The van der Waals surface area contributed by atoms with E-state index in [1.54, 1.807) is 5.38 Å². The summed E-state index contributed by atoms with van der Waals surface area (Å²) in [4.78, 5) is 34.0. The van der Waals surface area contributed by atoms with E-state index in [-0.39, 0.29) is 12.3 Å². The molecule has 206 valence electrons. The number of thiazole rings is 1. The van der Waals surface area contributed by atoms with Gasteiger partial charge in [-0.05, 0) is 30.0 Å². The monoisotopic (exact) mass is 557 g/mol. The lowest BCUT2D eigenvalue weighted by molar-refractivity contribution is -0.156. The number of ether oxygens (including phenoxy) is 1. The summed E-state index contributed by atoms with van der Waals surface area (Å²) in [6.45, 7) is 3.71. The summed E-state index contributed by atoms with van der Waals surface area (Å²) >= 11 is 1.25. The van der Waals surface area contributed by atoms with E-state index in [9.17, 15) is 14.7 Å². The molecule has 40 heavy (non-hydrogen) atoms. The van der Waals surface area contributed by atoms with Crippen LogP contribution in [-0.2, 0) is 24.7 Å². The van der Waals surface area contributed by atoms with Crippen molar-refractivity contribution in [2.24, 2.45) is 5.16 Å². The highest BCUT2D eigenvalue weighted by atomic mass is 32.1. The number of benzene rings is 3. The van der Waals surface area contributed by atoms with Crippen LogP contribution in [0.1, 0.15) is 49.1 Å². The first kappa shape index (κ1) is 28.5. The van der Waals surface area contributed by atoms with E-state index in [0.717, 1.165) is 29.5 Å². The summed E-state index contributed by atoms with van der Waals surface area (Å²) < 4.78 is 5.12. The van der Waals surface area contributed by atoms with E-state index in [1.165, 1.54) is 18.3 Å². The molecule has 1 atom stereocenters. The molecule has 0 radical (unpaired) electrons. The van der Waals surface area contributed by atoms with Gasteiger partial charge in [-0.3, -0.25) is 0 Å². The molecule has 9 heteroatoms. The molecule has 0 amide bonds. The van der Waals surface area contributed by atoms with E-state index in [0.29, 0.717) is 5.13 Å². The van der Waals surface area contributed by atoms with Gasteiger partial charge < -0.3 is 20.0 Å². The first-order chi connectivity index (χ1) is 19.5. The smallest absolute Gasteiger partial charge is 0.360 e. The first-order valence-corrected chi connectivity index (χ1v) is 13.9. The Labute approximate surface area is 237 Å². The summed E-state index contributed by atoms with van der Waals surface area (Å²) in [5.74, 6) is -1.94. The van der Waals surface area contributed by atoms with Gasteiger partial charge in [-0.2, -0.15) is 0 Å². The van der Waals surface area contributed by atoms with Crippen LogP contribution in [0.4, 0.5) is 5.13 Å². The van der Waals surface area contributed by atoms with Gasteiger partial charge in [0.25, 0.3) is 0 Å². The number of oxime groups is 1. The molecule has 2 N–H and O–H groups in total. The molecule has 4 rings (SSSR count). The van der Waals surface area contributed by atoms with Crippen molar-refractivity contribution in [1.29, 1.82) is 0 Å². The molecule has 0 saturated heterocycles. The number of carboxylic acids is 1. The van der Waals surface area contributed by atoms with Crippen molar-refractivity contribution in [2.45, 2.75) is 38.3 Å². The number of anilines is 1. The second kappa shape index (κ2) is 13.5. The van der Waals surface area contributed by atoms with E-state index in [4.69, 9.17) is 9.57 Å². The van der Waals surface area contributed by atoms with Crippen LogP contribution in [0.25, 0.3) is 0 Å². The molecule has 1 aromatic heterocycles. The SMILES string of the molecule is CCCCOC(=O)C(C)ON=C(C(=O)O)c1csc(NC(c2ccccc2)(c2ccccc2)c2ccccc2)n1. The highest BCUT2D eigenvalue weighted by molar-refractivity contribution is 7.14. The fraction of sp³-hybridized carbons (Fsp3) is 0.226. The fourth-order valence-electron chi connectivity index (χ4n) is 4.19. The van der Waals surface area contributed by atoms with Crippen molar-refractivity contribution in [1.82, 2.24) is 4.98 Å². The van der Waals surface area contributed by atoms with Gasteiger partial charge in [0.1, 0.15) is 11.2 Å². The summed E-state index contributed by atoms with van der Waals surface area (Å²) in [7, 11) is 0. The molecule has 0 aliphatic carbocycles. The zero-order valence-electron chi connectivity index (χ0n) is 22.3. The Balaban J connectivity index is 1.69. The standard InChI is InChI=1S/C31H31N3O5S/c1-3-4-20-38-29(37)22(2)39-34-27(28(35)36)26-21-40-30(32-26)33-31(23-14-8-5-9-15-23,24-16-10-6-11-17-24)25-18-12-7-13-19-25/h5-19,21-22H,3-4,20H2,1-2H3,(H,32,33)(H,35,36). The fourth-order valence-corrected chi connectivity index (χ4v) is 4.94. The average molecular weight is 558 g/mol. The lowest BCUT2D eigenvalue weighted by atomic mass is 9.77. The molecule has 0 saturated carbocycles. The van der Waals surface area contributed by atoms with Crippen molar-refractivity contribution in [2.75, 3.05) is 11.9 Å². The van der Waals surface area contributed by atoms with E-state index >= 15 is 0 Å². The molecule has 3 aromatic carbocycles. The van der Waals surface area contributed by atoms with Crippen molar-refractivity contribution >= 4 is 34.1 Å². The van der Waals surface area contributed by atoms with Crippen LogP contribution < -0.4 is 5.32 Å². The number of hydrogen-bond donors (Lipinski definition) is 2. The van der Waals surface area contributed by atoms with E-state index < -0.39 is 29.3 Å². The van der Waals surface area contributed by atoms with Crippen molar-refractivity contribution < 1.29 is 24.3 Å². The Morgan fingerprint density at radius 3 is 1.95 bits per heavy atom. The Bertz CT molecular complexity index is 1330. The third-order valence-electron chi connectivity index (χ3n) is 6.24. The van der Waals surface area contributed by atoms with E-state index in [1.807, 2.05) is 97.9 Å². The average Bonchev–Trinajstić information content (AvgIpc) is 3.45. The highest BCUT2D eigenvalue weighted by Crippen LogP contribution is 2.40. The summed E-state index contributed by atoms with van der Waals surface area (Å²) in [5.41, 5.74) is 1.81. The summed E-state index contributed by atoms with van der Waals surface area (Å²) in [6, 6.07) is 30.0. The number of nitrogens with zero attached hydrogens (tertiary/aromatic N) is 2. The molecule has 0 aliphatic rings. The molecule has 1 unspecified atom stereocenters. The Morgan fingerprint density at radius 2 is 1.48 bits per heavy atom. The van der Waals surface area contributed by atoms with Crippen LogP contribution in [0.15, 0.2) is 102 Å². The molecular formula is C31H31N3O5S. The number of rotatable bonds is 13. The Kier molecular flexibility index (Phi) is 9.64. The lowest BCUT2D eigenvalue weighted by Gasteiger charge is -2.36. The number of carbonyl (C=O) groups is 2. The van der Waals surface area contributed by atoms with Crippen molar-refractivity contribution in [3.05, 3.63) is 119 Å². The number of esters is 1. The maximum atomic E-state index is 12.1. The first-order valence-electron chi connectivity index (χ1n) is 13.0. The number of aliphatic carboxylic acids is 1. The zero-order valence-corrected chi connectivity index (χ0v) is 23.1. The molecule has 0 fully saturated rings. The number of unbranched alkanes of at least 4 members (excludes halogenated alkanes) is 1. The van der Waals surface area contributed by atoms with Crippen LogP contribution in [0.3, 0.4) is 0 Å². The molecule has 0 bridgehead atoms. The predicted molar refractivity (Wildman–Crippen MR) is 156 cm³/mol. The maximum absolute atomic E-state index is 12.1. The van der Waals surface area contributed by atoms with Crippen molar-refractivity contribution in [3.8, 4) is 0 Å². The van der Waals surface area contributed by atoms with Crippen LogP contribution in [0.5, 0.6) is 0 Å². The minimum absolute atomic E-state index is 0.106. The molecule has 0 spiro atoms. The van der Waals surface area contributed by atoms with Gasteiger partial charge >= 0.3 is 11.9 Å². The van der Waals surface area contributed by atoms with Gasteiger partial charge in [-0.15, -0.1) is 11.3 Å². The second-order valence-corrected chi connectivity index (χ2v) is 9.88. The minimum atomic E-state index is -1.33. The quantitative estimate of drug-likeness (QED) is 0.0673. The Hall–Kier alpha value is -4.50. The van der Waals surface area contributed by atoms with E-state index in [2.05, 4.69) is 15.5 Å². The molecular weight excluding hydrogens is 526 g/mol. The molecule has 1 heterocycles. The Morgan fingerprint density at radius 1 is 0.950 bits per heavy atom. The third-order valence-corrected chi connectivity index (χ3v) is 7.00. The van der Waals surface area contributed by atoms with Gasteiger partial charge in [-0.1, -0.05) is 109 Å². The number of aromatic nitrogens is 1. The zero-order chi connectivity index (χ0) is 28.4. The van der Waals surface area contributed by atoms with Gasteiger partial charge in [0.15, 0.2) is 5.13 Å². The van der Waals surface area contributed by atoms with Gasteiger partial charge in [-0.25, -0.2) is 14.6 Å². The number of carboxylic acid groups (broad SMARTS) is 1. The molecule has 0 aliphatic heterocycles. The minimum Gasteiger partial charge on any atom is -0.476 e.